The Morgan fingerprint density at radius 1 is 1.41 bits per heavy atom. The summed E-state index contributed by atoms with van der Waals surface area (Å²) in [6.07, 6.45) is 4.67. The summed E-state index contributed by atoms with van der Waals surface area (Å²) in [7, 11) is 1.75. The van der Waals surface area contributed by atoms with Gasteiger partial charge in [-0.05, 0) is 43.9 Å². The van der Waals surface area contributed by atoms with Crippen LogP contribution in [-0.4, -0.2) is 19.3 Å². The lowest BCUT2D eigenvalue weighted by molar-refractivity contribution is 0.0669. The molecule has 2 unspecified atom stereocenters. The van der Waals surface area contributed by atoms with E-state index >= 15 is 0 Å². The molecule has 1 aromatic rings. The highest BCUT2D eigenvalue weighted by Gasteiger charge is 2.21. The van der Waals surface area contributed by atoms with E-state index in [1.807, 2.05) is 0 Å². The second-order valence-corrected chi connectivity index (χ2v) is 4.90. The van der Waals surface area contributed by atoms with Gasteiger partial charge >= 0.3 is 0 Å². The standard InChI is InChI=1S/C13H17ClFNO/c1-17-11-4-2-3-10(8-11)16-13-6-5-9(15)7-12(13)14/h5-7,10-11,16H,2-4,8H2,1H3. The third kappa shape index (κ3) is 3.33. The van der Waals surface area contributed by atoms with Crippen LogP contribution in [0.5, 0.6) is 0 Å². The summed E-state index contributed by atoms with van der Waals surface area (Å²) in [6, 6.07) is 4.80. The Hall–Kier alpha value is -0.800. The number of benzene rings is 1. The van der Waals surface area contributed by atoms with Crippen molar-refractivity contribution in [3.63, 3.8) is 0 Å². The van der Waals surface area contributed by atoms with Gasteiger partial charge < -0.3 is 10.1 Å². The molecule has 0 heterocycles. The molecule has 0 amide bonds. The van der Waals surface area contributed by atoms with E-state index < -0.39 is 0 Å². The third-order valence-electron chi connectivity index (χ3n) is 3.25. The Labute approximate surface area is 106 Å². The first-order chi connectivity index (χ1) is 8.19. The zero-order valence-corrected chi connectivity index (χ0v) is 10.6. The van der Waals surface area contributed by atoms with Gasteiger partial charge in [0.2, 0.25) is 0 Å². The molecule has 1 saturated carbocycles. The Morgan fingerprint density at radius 3 is 2.94 bits per heavy atom. The lowest BCUT2D eigenvalue weighted by atomic mass is 9.92. The maximum Gasteiger partial charge on any atom is 0.124 e. The second-order valence-electron chi connectivity index (χ2n) is 4.49. The van der Waals surface area contributed by atoms with Crippen molar-refractivity contribution >= 4 is 17.3 Å². The summed E-state index contributed by atoms with van der Waals surface area (Å²) in [5.41, 5.74) is 0.801. The number of hydrogen-bond donors (Lipinski definition) is 1. The molecule has 1 N–H and O–H groups in total. The molecule has 1 fully saturated rings. The molecular weight excluding hydrogens is 241 g/mol. The Bertz CT molecular complexity index is 386. The van der Waals surface area contributed by atoms with E-state index in [9.17, 15) is 4.39 Å². The molecule has 1 aliphatic carbocycles. The highest BCUT2D eigenvalue weighted by atomic mass is 35.5. The Kier molecular flexibility index (Phi) is 4.24. The van der Waals surface area contributed by atoms with Crippen LogP contribution in [0.1, 0.15) is 25.7 Å². The van der Waals surface area contributed by atoms with Gasteiger partial charge in [-0.3, -0.25) is 0 Å². The second kappa shape index (κ2) is 5.69. The van der Waals surface area contributed by atoms with Crippen LogP contribution in [0.3, 0.4) is 0 Å². The Morgan fingerprint density at radius 2 is 2.24 bits per heavy atom. The van der Waals surface area contributed by atoms with Crippen molar-refractivity contribution in [1.29, 1.82) is 0 Å². The first-order valence-electron chi connectivity index (χ1n) is 5.93. The number of methoxy groups -OCH3 is 1. The van der Waals surface area contributed by atoms with Crippen molar-refractivity contribution in [2.45, 2.75) is 37.8 Å². The van der Waals surface area contributed by atoms with Crippen molar-refractivity contribution < 1.29 is 9.13 Å². The Balaban J connectivity index is 2.00. The molecule has 0 radical (unpaired) electrons. The molecule has 0 saturated heterocycles. The van der Waals surface area contributed by atoms with Gasteiger partial charge in [0.1, 0.15) is 5.82 Å². The van der Waals surface area contributed by atoms with E-state index in [0.29, 0.717) is 17.2 Å². The van der Waals surface area contributed by atoms with Crippen molar-refractivity contribution in [2.24, 2.45) is 0 Å². The fourth-order valence-corrected chi connectivity index (χ4v) is 2.54. The summed E-state index contributed by atoms with van der Waals surface area (Å²) in [6.45, 7) is 0. The number of ether oxygens (including phenoxy) is 1. The monoisotopic (exact) mass is 257 g/mol. The molecule has 1 aliphatic rings. The minimum Gasteiger partial charge on any atom is -0.381 e. The zero-order chi connectivity index (χ0) is 12.3. The maximum atomic E-state index is 12.9. The molecule has 0 aromatic heterocycles. The quantitative estimate of drug-likeness (QED) is 0.888. The maximum absolute atomic E-state index is 12.9. The number of rotatable bonds is 3. The van der Waals surface area contributed by atoms with Gasteiger partial charge in [-0.1, -0.05) is 11.6 Å². The van der Waals surface area contributed by atoms with Gasteiger partial charge in [0, 0.05) is 13.2 Å². The van der Waals surface area contributed by atoms with Crippen molar-refractivity contribution in [1.82, 2.24) is 0 Å². The number of nitrogens with one attached hydrogen (secondary N) is 1. The molecular formula is C13H17ClFNO. The highest BCUT2D eigenvalue weighted by molar-refractivity contribution is 6.33. The van der Waals surface area contributed by atoms with E-state index in [-0.39, 0.29) is 5.82 Å². The average Bonchev–Trinajstić information content (AvgIpc) is 2.33. The molecule has 2 nitrogen and oxygen atoms in total. The zero-order valence-electron chi connectivity index (χ0n) is 9.88. The number of hydrogen-bond acceptors (Lipinski definition) is 2. The fraction of sp³-hybridized carbons (Fsp3) is 0.538. The van der Waals surface area contributed by atoms with Gasteiger partial charge in [-0.15, -0.1) is 0 Å². The summed E-state index contributed by atoms with van der Waals surface area (Å²) in [4.78, 5) is 0. The van der Waals surface area contributed by atoms with Crippen LogP contribution in [0.2, 0.25) is 5.02 Å². The molecule has 0 aliphatic heterocycles. The van der Waals surface area contributed by atoms with Crippen molar-refractivity contribution in [3.05, 3.63) is 29.0 Å². The van der Waals surface area contributed by atoms with Gasteiger partial charge in [-0.2, -0.15) is 0 Å². The summed E-state index contributed by atoms with van der Waals surface area (Å²) in [5, 5.41) is 3.80. The van der Waals surface area contributed by atoms with Crippen LogP contribution in [0.15, 0.2) is 18.2 Å². The van der Waals surface area contributed by atoms with Gasteiger partial charge in [0.25, 0.3) is 0 Å². The van der Waals surface area contributed by atoms with Gasteiger partial charge in [0.05, 0.1) is 16.8 Å². The molecule has 1 aromatic carbocycles. The molecule has 0 spiro atoms. The van der Waals surface area contributed by atoms with Gasteiger partial charge in [-0.25, -0.2) is 4.39 Å². The van der Waals surface area contributed by atoms with E-state index in [2.05, 4.69) is 5.32 Å². The first-order valence-corrected chi connectivity index (χ1v) is 6.31. The topological polar surface area (TPSA) is 21.3 Å². The van der Waals surface area contributed by atoms with Crippen LogP contribution in [-0.2, 0) is 4.74 Å². The van der Waals surface area contributed by atoms with E-state index in [1.54, 1.807) is 13.2 Å². The van der Waals surface area contributed by atoms with E-state index in [1.165, 1.54) is 12.1 Å². The SMILES string of the molecule is COC1CCCC(Nc2ccc(F)cc2Cl)C1. The third-order valence-corrected chi connectivity index (χ3v) is 3.56. The normalized spacial score (nSPS) is 24.6. The first kappa shape index (κ1) is 12.7. The minimum absolute atomic E-state index is 0.307. The predicted molar refractivity (Wildman–Crippen MR) is 68.1 cm³/mol. The summed E-state index contributed by atoms with van der Waals surface area (Å²) < 4.78 is 18.3. The molecule has 2 atom stereocenters. The number of anilines is 1. The fourth-order valence-electron chi connectivity index (χ4n) is 2.32. The smallest absolute Gasteiger partial charge is 0.124 e. The predicted octanol–water partition coefficient (Wildman–Crippen LogP) is 3.85. The molecule has 0 bridgehead atoms. The largest absolute Gasteiger partial charge is 0.381 e. The summed E-state index contributed by atoms with van der Waals surface area (Å²) >= 11 is 5.99. The lowest BCUT2D eigenvalue weighted by Crippen LogP contribution is -2.31. The van der Waals surface area contributed by atoms with Crippen LogP contribution < -0.4 is 5.32 Å². The average molecular weight is 258 g/mol. The molecule has 4 heteroatoms. The molecule has 94 valence electrons. The minimum atomic E-state index is -0.307. The van der Waals surface area contributed by atoms with Crippen LogP contribution in [0.25, 0.3) is 0 Å². The van der Waals surface area contributed by atoms with Crippen LogP contribution in [0.4, 0.5) is 10.1 Å². The van der Waals surface area contributed by atoms with Crippen molar-refractivity contribution in [3.8, 4) is 0 Å². The molecule has 2 rings (SSSR count). The van der Waals surface area contributed by atoms with Crippen molar-refractivity contribution in [2.75, 3.05) is 12.4 Å². The summed E-state index contributed by atoms with van der Waals surface area (Å²) in [5.74, 6) is -0.307. The van der Waals surface area contributed by atoms with E-state index in [0.717, 1.165) is 31.4 Å². The van der Waals surface area contributed by atoms with E-state index in [4.69, 9.17) is 16.3 Å². The number of halogens is 2. The lowest BCUT2D eigenvalue weighted by Gasteiger charge is -2.29. The molecule has 17 heavy (non-hydrogen) atoms. The highest BCUT2D eigenvalue weighted by Crippen LogP contribution is 2.28. The van der Waals surface area contributed by atoms with Crippen LogP contribution in [0, 0.1) is 5.82 Å². The van der Waals surface area contributed by atoms with Gasteiger partial charge in [0.15, 0.2) is 0 Å². The van der Waals surface area contributed by atoms with Crippen LogP contribution >= 0.6 is 11.6 Å².